The lowest BCUT2D eigenvalue weighted by Crippen LogP contribution is -2.57. The SMILES string of the molecule is CC(=O)N[C@@H](Cc1c[nH]c2ccccc12)C(=O)NCC(=O)N1CCC[C@@H]1C(=O)N[C@@H](Cc1ccccc1)C(=O)N[C@@H](Cc1c[nH]c2ccccc12)C(N)=O. The van der Waals surface area contributed by atoms with Gasteiger partial charge in [-0.2, -0.15) is 0 Å². The Morgan fingerprint density at radius 3 is 1.91 bits per heavy atom. The van der Waals surface area contributed by atoms with Crippen LogP contribution in [-0.4, -0.2) is 87.6 Å². The van der Waals surface area contributed by atoms with Gasteiger partial charge in [0, 0.05) is 66.9 Å². The van der Waals surface area contributed by atoms with Crippen molar-refractivity contribution in [2.45, 2.75) is 63.2 Å². The number of hydrogen-bond donors (Lipinski definition) is 7. The van der Waals surface area contributed by atoms with Gasteiger partial charge in [-0.05, 0) is 41.7 Å². The molecule has 1 aliphatic heterocycles. The van der Waals surface area contributed by atoms with E-state index in [4.69, 9.17) is 5.73 Å². The molecule has 0 unspecified atom stereocenters. The van der Waals surface area contributed by atoms with E-state index >= 15 is 0 Å². The van der Waals surface area contributed by atoms with Crippen LogP contribution < -0.4 is 27.0 Å². The second-order valence-electron chi connectivity index (χ2n) is 13.6. The van der Waals surface area contributed by atoms with Gasteiger partial charge in [0.1, 0.15) is 24.2 Å². The number of amides is 6. The molecule has 6 rings (SSSR count). The Bertz CT molecular complexity index is 2160. The number of aromatic amines is 2. The third-order valence-electron chi connectivity index (χ3n) is 9.76. The van der Waals surface area contributed by atoms with Crippen LogP contribution in [0.4, 0.5) is 0 Å². The number of carbonyl (C=O) groups excluding carboxylic acids is 6. The number of para-hydroxylation sites is 2. The van der Waals surface area contributed by atoms with Gasteiger partial charge in [0.2, 0.25) is 35.4 Å². The Balaban J connectivity index is 1.11. The molecule has 0 radical (unpaired) electrons. The number of nitrogens with one attached hydrogen (secondary N) is 6. The van der Waals surface area contributed by atoms with Crippen LogP contribution >= 0.6 is 0 Å². The maximum absolute atomic E-state index is 13.8. The topological polar surface area (TPSA) is 211 Å². The Kier molecular flexibility index (Phi) is 11.7. The summed E-state index contributed by atoms with van der Waals surface area (Å²) in [6.45, 7) is 1.20. The van der Waals surface area contributed by atoms with Gasteiger partial charge >= 0.3 is 0 Å². The molecule has 280 valence electrons. The summed E-state index contributed by atoms with van der Waals surface area (Å²) in [6.07, 6.45) is 4.90. The second-order valence-corrected chi connectivity index (χ2v) is 13.6. The van der Waals surface area contributed by atoms with Crippen molar-refractivity contribution >= 4 is 57.2 Å². The monoisotopic (exact) mass is 732 g/mol. The van der Waals surface area contributed by atoms with Crippen LogP contribution in [-0.2, 0) is 48.0 Å². The van der Waals surface area contributed by atoms with E-state index in [1.807, 2.05) is 78.9 Å². The molecule has 1 saturated heterocycles. The minimum absolute atomic E-state index is 0.120. The first-order valence-corrected chi connectivity index (χ1v) is 18.0. The molecular weight excluding hydrogens is 688 g/mol. The summed E-state index contributed by atoms with van der Waals surface area (Å²) >= 11 is 0. The van der Waals surface area contributed by atoms with Crippen LogP contribution in [0.15, 0.2) is 91.3 Å². The maximum Gasteiger partial charge on any atom is 0.243 e. The van der Waals surface area contributed by atoms with Crippen molar-refractivity contribution in [3.63, 3.8) is 0 Å². The average molecular weight is 733 g/mol. The molecule has 14 nitrogen and oxygen atoms in total. The fourth-order valence-electron chi connectivity index (χ4n) is 7.04. The smallest absolute Gasteiger partial charge is 0.243 e. The number of nitrogens with two attached hydrogens (primary N) is 1. The van der Waals surface area contributed by atoms with Crippen LogP contribution in [0.5, 0.6) is 0 Å². The van der Waals surface area contributed by atoms with Gasteiger partial charge < -0.3 is 41.9 Å². The van der Waals surface area contributed by atoms with Crippen molar-refractivity contribution in [2.75, 3.05) is 13.1 Å². The molecule has 6 amide bonds. The van der Waals surface area contributed by atoms with Crippen LogP contribution in [0.25, 0.3) is 21.8 Å². The van der Waals surface area contributed by atoms with Crippen molar-refractivity contribution in [1.82, 2.24) is 36.1 Å². The second kappa shape index (κ2) is 16.9. The lowest BCUT2D eigenvalue weighted by atomic mass is 10.0. The van der Waals surface area contributed by atoms with E-state index < -0.39 is 66.2 Å². The van der Waals surface area contributed by atoms with Gasteiger partial charge in [-0.3, -0.25) is 28.8 Å². The zero-order valence-corrected chi connectivity index (χ0v) is 29.9. The number of nitrogens with zero attached hydrogens (tertiary/aromatic N) is 1. The van der Waals surface area contributed by atoms with Gasteiger partial charge in [0.05, 0.1) is 6.54 Å². The zero-order valence-electron chi connectivity index (χ0n) is 29.9. The van der Waals surface area contributed by atoms with Crippen LogP contribution in [0.3, 0.4) is 0 Å². The van der Waals surface area contributed by atoms with Gasteiger partial charge in [-0.1, -0.05) is 66.7 Å². The van der Waals surface area contributed by atoms with Gasteiger partial charge in [0.25, 0.3) is 0 Å². The van der Waals surface area contributed by atoms with E-state index in [0.717, 1.165) is 38.5 Å². The molecule has 3 aromatic carbocycles. The summed E-state index contributed by atoms with van der Waals surface area (Å²) in [5, 5.41) is 12.7. The lowest BCUT2D eigenvalue weighted by molar-refractivity contribution is -0.140. The van der Waals surface area contributed by atoms with Crippen molar-refractivity contribution in [1.29, 1.82) is 0 Å². The standard InChI is InChI=1S/C40H44N8O6/c1-24(49)45-34(20-27-22-43-31-15-8-6-13-29(27)31)38(52)44-23-36(50)48-17-9-16-35(48)40(54)47-33(18-25-10-3-2-4-11-25)39(53)46-32(37(41)51)19-26-21-42-30-14-7-5-12-28(26)30/h2-8,10-15,21-22,32-35,42-43H,9,16-20,23H2,1H3,(H2,41,51)(H,44,52)(H,45,49)(H,46,53)(H,47,54)/t32-,33-,34-,35+/m0/s1. The number of H-pyrrole nitrogens is 2. The number of aromatic nitrogens is 2. The molecule has 14 heteroatoms. The predicted molar refractivity (Wildman–Crippen MR) is 203 cm³/mol. The maximum atomic E-state index is 13.8. The summed E-state index contributed by atoms with van der Waals surface area (Å²) in [5.41, 5.74) is 9.92. The lowest BCUT2D eigenvalue weighted by Gasteiger charge is -2.27. The number of likely N-dealkylation sites (tertiary alicyclic amines) is 1. The Morgan fingerprint density at radius 2 is 1.30 bits per heavy atom. The third kappa shape index (κ3) is 8.95. The number of fused-ring (bicyclic) bond motifs is 2. The molecule has 0 bridgehead atoms. The number of primary amides is 1. The highest BCUT2D eigenvalue weighted by Crippen LogP contribution is 2.21. The normalized spacial score (nSPS) is 15.6. The van der Waals surface area contributed by atoms with Crippen molar-refractivity contribution < 1.29 is 28.8 Å². The molecular formula is C40H44N8O6. The predicted octanol–water partition coefficient (Wildman–Crippen LogP) is 1.74. The van der Waals surface area contributed by atoms with Crippen molar-refractivity contribution in [2.24, 2.45) is 5.73 Å². The first-order chi connectivity index (χ1) is 26.1. The summed E-state index contributed by atoms with van der Waals surface area (Å²) in [6, 6.07) is 20.3. The molecule has 0 saturated carbocycles. The Hall–Kier alpha value is -6.44. The molecule has 0 spiro atoms. The van der Waals surface area contributed by atoms with Gasteiger partial charge in [-0.15, -0.1) is 0 Å². The highest BCUT2D eigenvalue weighted by molar-refractivity contribution is 5.96. The van der Waals surface area contributed by atoms with E-state index in [-0.39, 0.29) is 25.8 Å². The Labute approximate surface area is 311 Å². The molecule has 1 aliphatic rings. The summed E-state index contributed by atoms with van der Waals surface area (Å²) < 4.78 is 0. The van der Waals surface area contributed by atoms with Crippen molar-refractivity contribution in [3.05, 3.63) is 108 Å². The number of benzene rings is 3. The molecule has 3 heterocycles. The molecule has 54 heavy (non-hydrogen) atoms. The quantitative estimate of drug-likeness (QED) is 0.0852. The Morgan fingerprint density at radius 1 is 0.722 bits per heavy atom. The number of rotatable bonds is 15. The van der Waals surface area contributed by atoms with Crippen molar-refractivity contribution in [3.8, 4) is 0 Å². The van der Waals surface area contributed by atoms with E-state index in [9.17, 15) is 28.8 Å². The summed E-state index contributed by atoms with van der Waals surface area (Å²) in [4.78, 5) is 86.7. The first-order valence-electron chi connectivity index (χ1n) is 18.0. The molecule has 2 aromatic heterocycles. The van der Waals surface area contributed by atoms with Gasteiger partial charge in [-0.25, -0.2) is 0 Å². The van der Waals surface area contributed by atoms with Gasteiger partial charge in [0.15, 0.2) is 0 Å². The summed E-state index contributed by atoms with van der Waals surface area (Å²) in [5.74, 6) is -3.28. The molecule has 5 aromatic rings. The minimum Gasteiger partial charge on any atom is -0.368 e. The van der Waals surface area contributed by atoms with Crippen LogP contribution in [0.1, 0.15) is 36.5 Å². The van der Waals surface area contributed by atoms with Crippen LogP contribution in [0, 0.1) is 0 Å². The summed E-state index contributed by atoms with van der Waals surface area (Å²) in [7, 11) is 0. The van der Waals surface area contributed by atoms with E-state index in [0.29, 0.717) is 12.8 Å². The molecule has 0 aliphatic carbocycles. The minimum atomic E-state index is -1.09. The molecule has 8 N–H and O–H groups in total. The largest absolute Gasteiger partial charge is 0.368 e. The first kappa shape index (κ1) is 37.3. The van der Waals surface area contributed by atoms with E-state index in [1.165, 1.54) is 11.8 Å². The van der Waals surface area contributed by atoms with E-state index in [2.05, 4.69) is 31.2 Å². The van der Waals surface area contributed by atoms with Crippen LogP contribution in [0.2, 0.25) is 0 Å². The fraction of sp³-hybridized carbons (Fsp3) is 0.300. The number of hydrogen-bond acceptors (Lipinski definition) is 6. The average Bonchev–Trinajstić information content (AvgIpc) is 3.92. The molecule has 4 atom stereocenters. The molecule has 1 fully saturated rings. The highest BCUT2D eigenvalue weighted by Gasteiger charge is 2.37. The highest BCUT2D eigenvalue weighted by atomic mass is 16.2. The fourth-order valence-corrected chi connectivity index (χ4v) is 7.04. The van der Waals surface area contributed by atoms with E-state index in [1.54, 1.807) is 12.4 Å². The zero-order chi connectivity index (χ0) is 38.2. The third-order valence-corrected chi connectivity index (χ3v) is 9.76. The number of carbonyl (C=O) groups is 6.